The third-order valence-corrected chi connectivity index (χ3v) is 2.57. The molecule has 0 bridgehead atoms. The third-order valence-electron chi connectivity index (χ3n) is 2.57. The SMILES string of the molecule is CC(C)[C@@H]1CC[C@H](C)C=C1O. The molecular weight excluding hydrogens is 136 g/mol. The quantitative estimate of drug-likeness (QED) is 0.615. The Morgan fingerprint density at radius 3 is 2.55 bits per heavy atom. The van der Waals surface area contributed by atoms with Gasteiger partial charge in [-0.1, -0.05) is 20.8 Å². The molecule has 1 nitrogen and oxygen atoms in total. The number of aliphatic hydroxyl groups is 1. The minimum atomic E-state index is 0.422. The predicted octanol–water partition coefficient (Wildman–Crippen LogP) is 3.13. The van der Waals surface area contributed by atoms with Gasteiger partial charge in [-0.3, -0.25) is 0 Å². The van der Waals surface area contributed by atoms with E-state index in [2.05, 4.69) is 20.8 Å². The normalized spacial score (nSPS) is 32.2. The van der Waals surface area contributed by atoms with E-state index in [4.69, 9.17) is 0 Å². The minimum absolute atomic E-state index is 0.422. The highest BCUT2D eigenvalue weighted by Crippen LogP contribution is 2.31. The van der Waals surface area contributed by atoms with Gasteiger partial charge in [0.2, 0.25) is 0 Å². The van der Waals surface area contributed by atoms with E-state index in [1.54, 1.807) is 0 Å². The Labute approximate surface area is 69.1 Å². The Bertz CT molecular complexity index is 158. The van der Waals surface area contributed by atoms with Gasteiger partial charge >= 0.3 is 0 Å². The summed E-state index contributed by atoms with van der Waals surface area (Å²) in [4.78, 5) is 0. The zero-order valence-corrected chi connectivity index (χ0v) is 7.67. The van der Waals surface area contributed by atoms with E-state index in [0.29, 0.717) is 23.5 Å². The zero-order valence-electron chi connectivity index (χ0n) is 7.67. The highest BCUT2D eigenvalue weighted by atomic mass is 16.3. The second-order valence-corrected chi connectivity index (χ2v) is 4.00. The van der Waals surface area contributed by atoms with Gasteiger partial charge in [-0.25, -0.2) is 0 Å². The lowest BCUT2D eigenvalue weighted by atomic mass is 9.81. The summed E-state index contributed by atoms with van der Waals surface area (Å²) in [6, 6.07) is 0. The Morgan fingerprint density at radius 2 is 2.09 bits per heavy atom. The molecule has 11 heavy (non-hydrogen) atoms. The van der Waals surface area contributed by atoms with Crippen molar-refractivity contribution in [1.29, 1.82) is 0 Å². The van der Waals surface area contributed by atoms with E-state index >= 15 is 0 Å². The van der Waals surface area contributed by atoms with Crippen molar-refractivity contribution in [3.8, 4) is 0 Å². The van der Waals surface area contributed by atoms with Gasteiger partial charge in [0.1, 0.15) is 0 Å². The van der Waals surface area contributed by atoms with Gasteiger partial charge in [-0.05, 0) is 30.8 Å². The van der Waals surface area contributed by atoms with Crippen molar-refractivity contribution in [3.05, 3.63) is 11.8 Å². The highest BCUT2D eigenvalue weighted by molar-refractivity contribution is 5.04. The lowest BCUT2D eigenvalue weighted by Gasteiger charge is -2.26. The summed E-state index contributed by atoms with van der Waals surface area (Å²) >= 11 is 0. The second-order valence-electron chi connectivity index (χ2n) is 4.00. The monoisotopic (exact) mass is 154 g/mol. The maximum atomic E-state index is 9.57. The summed E-state index contributed by atoms with van der Waals surface area (Å²) in [5.41, 5.74) is 0. The third kappa shape index (κ3) is 1.98. The van der Waals surface area contributed by atoms with Crippen molar-refractivity contribution in [2.45, 2.75) is 33.6 Å². The van der Waals surface area contributed by atoms with Crippen LogP contribution in [-0.2, 0) is 0 Å². The predicted molar refractivity (Wildman–Crippen MR) is 47.4 cm³/mol. The highest BCUT2D eigenvalue weighted by Gasteiger charge is 2.22. The Morgan fingerprint density at radius 1 is 1.45 bits per heavy atom. The van der Waals surface area contributed by atoms with Crippen molar-refractivity contribution < 1.29 is 5.11 Å². The van der Waals surface area contributed by atoms with Gasteiger partial charge in [-0.2, -0.15) is 0 Å². The van der Waals surface area contributed by atoms with E-state index in [1.807, 2.05) is 6.08 Å². The van der Waals surface area contributed by atoms with Gasteiger partial charge in [0.15, 0.2) is 0 Å². The molecule has 0 aromatic heterocycles. The van der Waals surface area contributed by atoms with Crippen LogP contribution in [0.2, 0.25) is 0 Å². The van der Waals surface area contributed by atoms with E-state index in [-0.39, 0.29) is 0 Å². The molecule has 1 heteroatoms. The molecule has 1 aliphatic rings. The molecule has 0 aromatic carbocycles. The van der Waals surface area contributed by atoms with Gasteiger partial charge in [-0.15, -0.1) is 0 Å². The molecule has 0 aliphatic heterocycles. The van der Waals surface area contributed by atoms with E-state index in [9.17, 15) is 5.11 Å². The summed E-state index contributed by atoms with van der Waals surface area (Å²) in [5.74, 6) is 2.20. The largest absolute Gasteiger partial charge is 0.512 e. The first-order valence-electron chi connectivity index (χ1n) is 4.52. The van der Waals surface area contributed by atoms with E-state index in [1.165, 1.54) is 6.42 Å². The van der Waals surface area contributed by atoms with Crippen LogP contribution in [0.15, 0.2) is 11.8 Å². The molecule has 1 rings (SSSR count). The molecule has 64 valence electrons. The molecule has 0 saturated heterocycles. The van der Waals surface area contributed by atoms with Gasteiger partial charge in [0.25, 0.3) is 0 Å². The first-order chi connectivity index (χ1) is 5.11. The molecule has 1 aliphatic carbocycles. The van der Waals surface area contributed by atoms with Crippen LogP contribution < -0.4 is 0 Å². The maximum absolute atomic E-state index is 9.57. The fourth-order valence-corrected chi connectivity index (χ4v) is 1.76. The van der Waals surface area contributed by atoms with Crippen LogP contribution in [0.5, 0.6) is 0 Å². The van der Waals surface area contributed by atoms with E-state index in [0.717, 1.165) is 6.42 Å². The maximum Gasteiger partial charge on any atom is 0.0918 e. The summed E-state index contributed by atoms with van der Waals surface area (Å²) in [6.07, 6.45) is 4.39. The molecule has 0 unspecified atom stereocenters. The van der Waals surface area contributed by atoms with Gasteiger partial charge < -0.3 is 5.11 Å². The van der Waals surface area contributed by atoms with Crippen LogP contribution in [0, 0.1) is 17.8 Å². The van der Waals surface area contributed by atoms with Crippen LogP contribution in [0.1, 0.15) is 33.6 Å². The van der Waals surface area contributed by atoms with Crippen LogP contribution in [0.25, 0.3) is 0 Å². The van der Waals surface area contributed by atoms with Crippen molar-refractivity contribution in [3.63, 3.8) is 0 Å². The summed E-state index contributed by atoms with van der Waals surface area (Å²) < 4.78 is 0. The molecule has 0 fully saturated rings. The zero-order chi connectivity index (χ0) is 8.43. The van der Waals surface area contributed by atoms with Crippen LogP contribution >= 0.6 is 0 Å². The first kappa shape index (κ1) is 8.63. The fraction of sp³-hybridized carbons (Fsp3) is 0.800. The summed E-state index contributed by atoms with van der Waals surface area (Å²) in [7, 11) is 0. The molecule has 0 spiro atoms. The average molecular weight is 154 g/mol. The lowest BCUT2D eigenvalue weighted by molar-refractivity contribution is 0.239. The smallest absolute Gasteiger partial charge is 0.0918 e. The molecule has 2 atom stereocenters. The number of aliphatic hydroxyl groups excluding tert-OH is 1. The Balaban J connectivity index is 2.64. The van der Waals surface area contributed by atoms with Crippen LogP contribution in [0.4, 0.5) is 0 Å². The summed E-state index contributed by atoms with van der Waals surface area (Å²) in [6.45, 7) is 6.50. The fourth-order valence-electron chi connectivity index (χ4n) is 1.76. The average Bonchev–Trinajstić information content (AvgIpc) is 1.85. The first-order valence-corrected chi connectivity index (χ1v) is 4.52. The van der Waals surface area contributed by atoms with Gasteiger partial charge in [0.05, 0.1) is 5.76 Å². The van der Waals surface area contributed by atoms with Crippen molar-refractivity contribution in [2.24, 2.45) is 17.8 Å². The lowest BCUT2D eigenvalue weighted by Crippen LogP contribution is -2.17. The van der Waals surface area contributed by atoms with Crippen LogP contribution in [0.3, 0.4) is 0 Å². The van der Waals surface area contributed by atoms with Crippen molar-refractivity contribution >= 4 is 0 Å². The minimum Gasteiger partial charge on any atom is -0.512 e. The number of rotatable bonds is 1. The number of hydrogen-bond acceptors (Lipinski definition) is 1. The second kappa shape index (κ2) is 3.29. The number of hydrogen-bond donors (Lipinski definition) is 1. The van der Waals surface area contributed by atoms with Crippen molar-refractivity contribution in [1.82, 2.24) is 0 Å². The molecule has 0 radical (unpaired) electrons. The molecular formula is C10H18O. The number of allylic oxidation sites excluding steroid dienone is 2. The molecule has 1 N–H and O–H groups in total. The standard InChI is InChI=1S/C10H18O/c1-7(2)9-5-4-8(3)6-10(9)11/h6-9,11H,4-5H2,1-3H3/t8-,9-/m0/s1. The van der Waals surface area contributed by atoms with Crippen molar-refractivity contribution in [2.75, 3.05) is 0 Å². The molecule has 0 aromatic rings. The summed E-state index contributed by atoms with van der Waals surface area (Å²) in [5, 5.41) is 9.57. The topological polar surface area (TPSA) is 20.2 Å². The Hall–Kier alpha value is -0.460. The molecule has 0 saturated carbocycles. The van der Waals surface area contributed by atoms with Crippen LogP contribution in [-0.4, -0.2) is 5.11 Å². The molecule has 0 amide bonds. The molecule has 0 heterocycles. The van der Waals surface area contributed by atoms with E-state index < -0.39 is 0 Å². The van der Waals surface area contributed by atoms with Gasteiger partial charge in [0, 0.05) is 5.92 Å². The Kier molecular flexibility index (Phi) is 2.58.